The van der Waals surface area contributed by atoms with E-state index < -0.39 is 0 Å². The minimum absolute atomic E-state index is 0.172. The maximum Gasteiger partial charge on any atom is 0.125 e. The van der Waals surface area contributed by atoms with Crippen LogP contribution in [-0.4, -0.2) is 10.8 Å². The normalized spacial score (nSPS) is 11.1. The molecule has 0 amide bonds. The number of thioether (sulfide) groups is 1. The lowest BCUT2D eigenvalue weighted by Gasteiger charge is -1.96. The largest absolute Gasteiger partial charge is 0.350 e. The van der Waals surface area contributed by atoms with Crippen molar-refractivity contribution in [3.63, 3.8) is 0 Å². The van der Waals surface area contributed by atoms with E-state index in [0.29, 0.717) is 0 Å². The molecule has 0 N–H and O–H groups in total. The second-order valence-electron chi connectivity index (χ2n) is 3.36. The molecule has 3 heteroatoms. The number of nitrogens with zero attached hydrogens (tertiary/aromatic N) is 1. The number of hydrogen-bond acceptors (Lipinski definition) is 1. The molecular weight excluding hydrogens is 197 g/mol. The fourth-order valence-corrected chi connectivity index (χ4v) is 2.25. The summed E-state index contributed by atoms with van der Waals surface area (Å²) in [5.41, 5.74) is 2.24. The topological polar surface area (TPSA) is 4.93 Å². The van der Waals surface area contributed by atoms with Crippen LogP contribution in [0.15, 0.2) is 24.4 Å². The number of hydrogen-bond donors (Lipinski definition) is 0. The van der Waals surface area contributed by atoms with Crippen molar-refractivity contribution in [1.29, 1.82) is 0 Å². The van der Waals surface area contributed by atoms with Gasteiger partial charge in [-0.05, 0) is 30.0 Å². The summed E-state index contributed by atoms with van der Waals surface area (Å²) in [5.74, 6) is 0.803. The molecular formula is C11H12FNS. The maximum absolute atomic E-state index is 13.0. The van der Waals surface area contributed by atoms with Crippen molar-refractivity contribution in [2.24, 2.45) is 7.05 Å². The van der Waals surface area contributed by atoms with Gasteiger partial charge >= 0.3 is 0 Å². The summed E-state index contributed by atoms with van der Waals surface area (Å²) < 4.78 is 15.0. The summed E-state index contributed by atoms with van der Waals surface area (Å²) in [6.45, 7) is 0. The van der Waals surface area contributed by atoms with Crippen LogP contribution in [-0.2, 0) is 12.8 Å². The van der Waals surface area contributed by atoms with Gasteiger partial charge in [0.25, 0.3) is 0 Å². The van der Waals surface area contributed by atoms with E-state index in [4.69, 9.17) is 0 Å². The Labute approximate surface area is 86.9 Å². The molecule has 0 aliphatic heterocycles. The number of halogens is 1. The molecule has 0 bridgehead atoms. The van der Waals surface area contributed by atoms with Crippen molar-refractivity contribution in [3.8, 4) is 0 Å². The van der Waals surface area contributed by atoms with Gasteiger partial charge < -0.3 is 4.57 Å². The Kier molecular flexibility index (Phi) is 2.50. The van der Waals surface area contributed by atoms with Gasteiger partial charge in [-0.25, -0.2) is 4.39 Å². The Hall–Kier alpha value is -0.960. The zero-order valence-electron chi connectivity index (χ0n) is 8.25. The number of benzene rings is 1. The number of fused-ring (bicyclic) bond motifs is 1. The minimum atomic E-state index is -0.172. The SMILES string of the molecule is CSCc1cn(C)c2cc(F)ccc12. The molecule has 14 heavy (non-hydrogen) atoms. The molecule has 0 aliphatic carbocycles. The molecule has 1 aromatic heterocycles. The Bertz CT molecular complexity index is 462. The zero-order chi connectivity index (χ0) is 10.1. The van der Waals surface area contributed by atoms with Gasteiger partial charge in [0.05, 0.1) is 5.52 Å². The summed E-state index contributed by atoms with van der Waals surface area (Å²) in [7, 11) is 1.95. The number of aromatic nitrogens is 1. The standard InChI is InChI=1S/C11H12FNS/c1-13-6-8(7-14-2)10-4-3-9(12)5-11(10)13/h3-6H,7H2,1-2H3. The third kappa shape index (κ3) is 1.52. The Morgan fingerprint density at radius 3 is 2.93 bits per heavy atom. The lowest BCUT2D eigenvalue weighted by Crippen LogP contribution is -1.83. The first-order valence-electron chi connectivity index (χ1n) is 4.45. The van der Waals surface area contributed by atoms with Gasteiger partial charge in [0.1, 0.15) is 5.82 Å². The van der Waals surface area contributed by atoms with Crippen molar-refractivity contribution in [2.75, 3.05) is 6.26 Å². The van der Waals surface area contributed by atoms with Gasteiger partial charge in [-0.15, -0.1) is 0 Å². The van der Waals surface area contributed by atoms with Crippen LogP contribution in [0.25, 0.3) is 10.9 Å². The highest BCUT2D eigenvalue weighted by Crippen LogP contribution is 2.24. The summed E-state index contributed by atoms with van der Waals surface area (Å²) in [6.07, 6.45) is 4.14. The minimum Gasteiger partial charge on any atom is -0.350 e. The van der Waals surface area contributed by atoms with Gasteiger partial charge in [-0.3, -0.25) is 0 Å². The second-order valence-corrected chi connectivity index (χ2v) is 4.23. The first-order chi connectivity index (χ1) is 6.72. The van der Waals surface area contributed by atoms with Crippen LogP contribution in [0.2, 0.25) is 0 Å². The highest BCUT2D eigenvalue weighted by atomic mass is 32.2. The molecule has 2 aromatic rings. The van der Waals surface area contributed by atoms with Crippen molar-refractivity contribution in [1.82, 2.24) is 4.57 Å². The fourth-order valence-electron chi connectivity index (χ4n) is 1.71. The van der Waals surface area contributed by atoms with Crippen molar-refractivity contribution in [2.45, 2.75) is 5.75 Å². The summed E-state index contributed by atoms with van der Waals surface area (Å²) in [6, 6.07) is 4.96. The Morgan fingerprint density at radius 1 is 1.43 bits per heavy atom. The van der Waals surface area contributed by atoms with E-state index in [2.05, 4.69) is 12.5 Å². The predicted molar refractivity (Wildman–Crippen MR) is 60.1 cm³/mol. The lowest BCUT2D eigenvalue weighted by molar-refractivity contribution is 0.629. The highest BCUT2D eigenvalue weighted by Gasteiger charge is 2.06. The van der Waals surface area contributed by atoms with E-state index in [9.17, 15) is 4.39 Å². The number of rotatable bonds is 2. The Morgan fingerprint density at radius 2 is 2.21 bits per heavy atom. The summed E-state index contributed by atoms with van der Waals surface area (Å²) in [4.78, 5) is 0. The summed E-state index contributed by atoms with van der Waals surface area (Å²) in [5, 5.41) is 1.16. The maximum atomic E-state index is 13.0. The molecule has 2 rings (SSSR count). The average molecular weight is 209 g/mol. The first-order valence-corrected chi connectivity index (χ1v) is 5.84. The second kappa shape index (κ2) is 3.65. The lowest BCUT2D eigenvalue weighted by atomic mass is 10.2. The summed E-state index contributed by atoms with van der Waals surface area (Å²) >= 11 is 1.78. The number of aryl methyl sites for hydroxylation is 1. The third-order valence-electron chi connectivity index (χ3n) is 2.34. The van der Waals surface area contributed by atoms with Gasteiger partial charge in [0.15, 0.2) is 0 Å². The molecule has 0 spiro atoms. The van der Waals surface area contributed by atoms with Crippen LogP contribution in [0.5, 0.6) is 0 Å². The molecule has 1 nitrogen and oxygen atoms in total. The van der Waals surface area contributed by atoms with E-state index in [0.717, 1.165) is 16.7 Å². The van der Waals surface area contributed by atoms with E-state index in [-0.39, 0.29) is 5.82 Å². The van der Waals surface area contributed by atoms with Gasteiger partial charge in [-0.2, -0.15) is 11.8 Å². The molecule has 1 heterocycles. The van der Waals surface area contributed by atoms with Gasteiger partial charge in [0, 0.05) is 24.4 Å². The quantitative estimate of drug-likeness (QED) is 0.735. The fraction of sp³-hybridized carbons (Fsp3) is 0.273. The van der Waals surface area contributed by atoms with Crippen LogP contribution in [0.4, 0.5) is 4.39 Å². The van der Waals surface area contributed by atoms with E-state index in [1.165, 1.54) is 11.6 Å². The van der Waals surface area contributed by atoms with E-state index in [1.54, 1.807) is 17.8 Å². The monoisotopic (exact) mass is 209 g/mol. The molecule has 0 radical (unpaired) electrons. The molecule has 0 fully saturated rings. The van der Waals surface area contributed by atoms with Gasteiger partial charge in [-0.1, -0.05) is 0 Å². The van der Waals surface area contributed by atoms with Gasteiger partial charge in [0.2, 0.25) is 0 Å². The zero-order valence-corrected chi connectivity index (χ0v) is 9.07. The predicted octanol–water partition coefficient (Wildman–Crippen LogP) is 3.18. The van der Waals surface area contributed by atoms with Crippen molar-refractivity contribution < 1.29 is 4.39 Å². The molecule has 0 unspecified atom stereocenters. The molecule has 0 saturated carbocycles. The average Bonchev–Trinajstić information content (AvgIpc) is 2.44. The van der Waals surface area contributed by atoms with Crippen molar-refractivity contribution in [3.05, 3.63) is 35.8 Å². The highest BCUT2D eigenvalue weighted by molar-refractivity contribution is 7.97. The van der Waals surface area contributed by atoms with E-state index >= 15 is 0 Å². The van der Waals surface area contributed by atoms with Crippen LogP contribution in [0, 0.1) is 5.82 Å². The Balaban J connectivity index is 2.65. The van der Waals surface area contributed by atoms with Crippen molar-refractivity contribution >= 4 is 22.7 Å². The van der Waals surface area contributed by atoms with Crippen LogP contribution < -0.4 is 0 Å². The third-order valence-corrected chi connectivity index (χ3v) is 2.93. The molecule has 0 atom stereocenters. The molecule has 1 aromatic carbocycles. The van der Waals surface area contributed by atoms with Crippen LogP contribution in [0.1, 0.15) is 5.56 Å². The van der Waals surface area contributed by atoms with E-state index in [1.807, 2.05) is 17.7 Å². The first kappa shape index (κ1) is 9.59. The smallest absolute Gasteiger partial charge is 0.125 e. The molecule has 0 aliphatic rings. The molecule has 74 valence electrons. The molecule has 0 saturated heterocycles. The van der Waals surface area contributed by atoms with Crippen LogP contribution in [0.3, 0.4) is 0 Å². The van der Waals surface area contributed by atoms with Crippen LogP contribution >= 0.6 is 11.8 Å².